The van der Waals surface area contributed by atoms with Crippen LogP contribution in [0.15, 0.2) is 30.3 Å². The normalized spacial score (nSPS) is 10.8. The molecule has 0 unspecified atom stereocenters. The SMILES string of the molecule is CC(C)c1nnc(NC(=O)C=Cc2ccc(C#N)cc2)s1. The Morgan fingerprint density at radius 2 is 2.05 bits per heavy atom. The first-order valence-corrected chi connectivity index (χ1v) is 7.23. The van der Waals surface area contributed by atoms with E-state index in [1.54, 1.807) is 30.3 Å². The van der Waals surface area contributed by atoms with Crippen molar-refractivity contribution in [3.05, 3.63) is 46.5 Å². The van der Waals surface area contributed by atoms with Crippen molar-refractivity contribution in [3.63, 3.8) is 0 Å². The molecule has 1 aromatic heterocycles. The summed E-state index contributed by atoms with van der Waals surface area (Å²) < 4.78 is 0. The summed E-state index contributed by atoms with van der Waals surface area (Å²) >= 11 is 1.37. The number of carbonyl (C=O) groups excluding carboxylic acids is 1. The predicted molar refractivity (Wildman–Crippen MR) is 82.8 cm³/mol. The Morgan fingerprint density at radius 3 is 2.62 bits per heavy atom. The largest absolute Gasteiger partial charge is 0.297 e. The van der Waals surface area contributed by atoms with Gasteiger partial charge in [0.05, 0.1) is 11.6 Å². The number of hydrogen-bond acceptors (Lipinski definition) is 5. The molecule has 0 aliphatic carbocycles. The quantitative estimate of drug-likeness (QED) is 0.879. The van der Waals surface area contributed by atoms with E-state index in [1.165, 1.54) is 17.4 Å². The maximum Gasteiger partial charge on any atom is 0.250 e. The van der Waals surface area contributed by atoms with Gasteiger partial charge in [-0.2, -0.15) is 5.26 Å². The lowest BCUT2D eigenvalue weighted by Crippen LogP contribution is -2.07. The maximum atomic E-state index is 11.8. The minimum absolute atomic E-state index is 0.259. The molecule has 0 aliphatic rings. The van der Waals surface area contributed by atoms with E-state index in [1.807, 2.05) is 19.9 Å². The lowest BCUT2D eigenvalue weighted by atomic mass is 10.1. The van der Waals surface area contributed by atoms with E-state index in [0.29, 0.717) is 16.6 Å². The molecule has 0 radical (unpaired) electrons. The molecule has 1 N–H and O–H groups in total. The van der Waals surface area contributed by atoms with Gasteiger partial charge in [-0.3, -0.25) is 10.1 Å². The summed E-state index contributed by atoms with van der Waals surface area (Å²) in [5.41, 5.74) is 1.44. The topological polar surface area (TPSA) is 78.7 Å². The van der Waals surface area contributed by atoms with E-state index in [2.05, 4.69) is 15.5 Å². The zero-order valence-corrected chi connectivity index (χ0v) is 12.5. The van der Waals surface area contributed by atoms with E-state index in [4.69, 9.17) is 5.26 Å². The van der Waals surface area contributed by atoms with Crippen LogP contribution in [0.4, 0.5) is 5.13 Å². The van der Waals surface area contributed by atoms with Gasteiger partial charge in [0.15, 0.2) is 0 Å². The zero-order valence-electron chi connectivity index (χ0n) is 11.7. The van der Waals surface area contributed by atoms with Crippen molar-refractivity contribution < 1.29 is 4.79 Å². The minimum atomic E-state index is -0.259. The molecule has 5 nitrogen and oxygen atoms in total. The van der Waals surface area contributed by atoms with Gasteiger partial charge in [0, 0.05) is 12.0 Å². The second kappa shape index (κ2) is 6.77. The summed E-state index contributed by atoms with van der Waals surface area (Å²) in [6, 6.07) is 9.02. The molecule has 1 aromatic carbocycles. The number of rotatable bonds is 4. The number of nitriles is 1. The molecule has 0 fully saturated rings. The summed E-state index contributed by atoms with van der Waals surface area (Å²) in [5.74, 6) is 0.0353. The highest BCUT2D eigenvalue weighted by Crippen LogP contribution is 2.22. The Labute approximate surface area is 127 Å². The van der Waals surface area contributed by atoms with Crippen LogP contribution in [0.2, 0.25) is 0 Å². The summed E-state index contributed by atoms with van der Waals surface area (Å²) in [5, 5.41) is 20.7. The van der Waals surface area contributed by atoms with Gasteiger partial charge in [-0.05, 0) is 23.8 Å². The van der Waals surface area contributed by atoms with Gasteiger partial charge in [0.2, 0.25) is 11.0 Å². The molecule has 0 saturated heterocycles. The van der Waals surface area contributed by atoms with Gasteiger partial charge in [0.25, 0.3) is 0 Å². The molecule has 0 saturated carbocycles. The Hall–Kier alpha value is -2.52. The van der Waals surface area contributed by atoms with Crippen LogP contribution in [0.5, 0.6) is 0 Å². The lowest BCUT2D eigenvalue weighted by molar-refractivity contribution is -0.111. The molecule has 1 heterocycles. The number of nitrogens with one attached hydrogen (secondary N) is 1. The number of benzene rings is 1. The fourth-order valence-corrected chi connectivity index (χ4v) is 2.25. The van der Waals surface area contributed by atoms with Gasteiger partial charge in [-0.15, -0.1) is 10.2 Å². The Morgan fingerprint density at radius 1 is 1.33 bits per heavy atom. The van der Waals surface area contributed by atoms with Crippen LogP contribution in [0, 0.1) is 11.3 Å². The van der Waals surface area contributed by atoms with Gasteiger partial charge in [-0.1, -0.05) is 37.3 Å². The lowest BCUT2D eigenvalue weighted by Gasteiger charge is -1.96. The fourth-order valence-electron chi connectivity index (χ4n) is 1.51. The number of aromatic nitrogens is 2. The zero-order chi connectivity index (χ0) is 15.2. The van der Waals surface area contributed by atoms with Crippen LogP contribution in [0.1, 0.15) is 35.9 Å². The summed E-state index contributed by atoms with van der Waals surface area (Å²) in [6.45, 7) is 4.05. The van der Waals surface area contributed by atoms with Crippen molar-refractivity contribution in [2.75, 3.05) is 5.32 Å². The summed E-state index contributed by atoms with van der Waals surface area (Å²) in [7, 11) is 0. The average Bonchev–Trinajstić information content (AvgIpc) is 2.94. The van der Waals surface area contributed by atoms with Crippen molar-refractivity contribution in [2.45, 2.75) is 19.8 Å². The Balaban J connectivity index is 1.96. The molecule has 21 heavy (non-hydrogen) atoms. The van der Waals surface area contributed by atoms with Crippen LogP contribution in [0.25, 0.3) is 6.08 Å². The highest BCUT2D eigenvalue weighted by molar-refractivity contribution is 7.15. The van der Waals surface area contributed by atoms with Crippen molar-refractivity contribution in [1.82, 2.24) is 10.2 Å². The van der Waals surface area contributed by atoms with E-state index in [9.17, 15) is 4.79 Å². The molecule has 0 bridgehead atoms. The van der Waals surface area contributed by atoms with Crippen LogP contribution in [-0.2, 0) is 4.79 Å². The Bertz CT molecular complexity index is 695. The molecule has 0 spiro atoms. The molecule has 2 rings (SSSR count). The molecule has 0 aliphatic heterocycles. The van der Waals surface area contributed by atoms with Crippen molar-refractivity contribution in [2.24, 2.45) is 0 Å². The van der Waals surface area contributed by atoms with Crippen molar-refractivity contribution in [3.8, 4) is 6.07 Å². The number of anilines is 1. The standard InChI is InChI=1S/C15H14N4OS/c1-10(2)14-18-19-15(21-14)17-13(20)8-7-11-3-5-12(9-16)6-4-11/h3-8,10H,1-2H3,(H,17,19,20). The highest BCUT2D eigenvalue weighted by Gasteiger charge is 2.08. The summed E-state index contributed by atoms with van der Waals surface area (Å²) in [4.78, 5) is 11.8. The molecule has 6 heteroatoms. The first kappa shape index (κ1) is 14.9. The van der Waals surface area contributed by atoms with Gasteiger partial charge < -0.3 is 0 Å². The average molecular weight is 298 g/mol. The van der Waals surface area contributed by atoms with E-state index < -0.39 is 0 Å². The van der Waals surface area contributed by atoms with Gasteiger partial charge >= 0.3 is 0 Å². The number of carbonyl (C=O) groups is 1. The third kappa shape index (κ3) is 4.23. The van der Waals surface area contributed by atoms with Crippen LogP contribution in [-0.4, -0.2) is 16.1 Å². The monoisotopic (exact) mass is 298 g/mol. The van der Waals surface area contributed by atoms with E-state index in [0.717, 1.165) is 10.6 Å². The van der Waals surface area contributed by atoms with Gasteiger partial charge in [0.1, 0.15) is 5.01 Å². The van der Waals surface area contributed by atoms with Crippen LogP contribution in [0.3, 0.4) is 0 Å². The van der Waals surface area contributed by atoms with Gasteiger partial charge in [-0.25, -0.2) is 0 Å². The number of hydrogen-bond donors (Lipinski definition) is 1. The third-order valence-electron chi connectivity index (χ3n) is 2.63. The fraction of sp³-hybridized carbons (Fsp3) is 0.200. The van der Waals surface area contributed by atoms with E-state index in [-0.39, 0.29) is 5.91 Å². The maximum absolute atomic E-state index is 11.8. The minimum Gasteiger partial charge on any atom is -0.297 e. The smallest absolute Gasteiger partial charge is 0.250 e. The van der Waals surface area contributed by atoms with E-state index >= 15 is 0 Å². The first-order valence-electron chi connectivity index (χ1n) is 6.41. The van der Waals surface area contributed by atoms with Crippen molar-refractivity contribution >= 4 is 28.5 Å². The molecule has 106 valence electrons. The molecule has 0 atom stereocenters. The molecular formula is C15H14N4OS. The summed E-state index contributed by atoms with van der Waals surface area (Å²) in [6.07, 6.45) is 3.11. The molecule has 1 amide bonds. The first-order chi connectivity index (χ1) is 10.1. The molecule has 2 aromatic rings. The number of nitrogens with zero attached hydrogens (tertiary/aromatic N) is 3. The third-order valence-corrected chi connectivity index (χ3v) is 3.77. The van der Waals surface area contributed by atoms with Crippen LogP contribution >= 0.6 is 11.3 Å². The second-order valence-corrected chi connectivity index (χ2v) is 5.67. The molecular weight excluding hydrogens is 284 g/mol. The van der Waals surface area contributed by atoms with Crippen molar-refractivity contribution in [1.29, 1.82) is 5.26 Å². The Kier molecular flexibility index (Phi) is 4.80. The second-order valence-electron chi connectivity index (χ2n) is 4.66. The number of amides is 1. The highest BCUT2D eigenvalue weighted by atomic mass is 32.1. The van der Waals surface area contributed by atoms with Crippen LogP contribution < -0.4 is 5.32 Å². The predicted octanol–water partition coefficient (Wildman–Crippen LogP) is 3.19.